The number of amides is 2. The van der Waals surface area contributed by atoms with E-state index in [-0.39, 0.29) is 17.9 Å². The topological polar surface area (TPSA) is 58.6 Å². The summed E-state index contributed by atoms with van der Waals surface area (Å²) in [5, 5.41) is 2.88. The third-order valence-corrected chi connectivity index (χ3v) is 3.45. The molecule has 1 fully saturated rings. The molecule has 0 bridgehead atoms. The Hall–Kier alpha value is -2.04. The number of likely N-dealkylation sites (tertiary alicyclic amines) is 1. The maximum Gasteiger partial charge on any atom is 0.257 e. The second-order valence-corrected chi connectivity index (χ2v) is 4.99. The van der Waals surface area contributed by atoms with Crippen LogP contribution in [0.25, 0.3) is 0 Å². The zero-order chi connectivity index (χ0) is 14.5. The minimum atomic E-state index is -0.0541. The maximum atomic E-state index is 12.5. The first-order valence-electron chi connectivity index (χ1n) is 6.81. The van der Waals surface area contributed by atoms with Gasteiger partial charge < -0.3 is 15.0 Å². The predicted octanol–water partition coefficient (Wildman–Crippen LogP) is 1.44. The molecule has 20 heavy (non-hydrogen) atoms. The molecular weight excluding hydrogens is 256 g/mol. The van der Waals surface area contributed by atoms with Crippen molar-refractivity contribution in [3.05, 3.63) is 29.8 Å². The standard InChI is InChI=1S/C15H20N2O3/c1-11(18)16-12-6-5-9-17(10-12)15(19)13-7-3-4-8-14(13)20-2/h3-4,7-8,12H,5-6,9-10H2,1-2H3,(H,16,18). The minimum Gasteiger partial charge on any atom is -0.496 e. The summed E-state index contributed by atoms with van der Waals surface area (Å²) in [5.74, 6) is 0.484. The van der Waals surface area contributed by atoms with Crippen LogP contribution >= 0.6 is 0 Å². The van der Waals surface area contributed by atoms with Crippen LogP contribution in [-0.2, 0) is 4.79 Å². The number of nitrogens with one attached hydrogen (secondary N) is 1. The molecule has 0 saturated carbocycles. The van der Waals surface area contributed by atoms with Gasteiger partial charge in [-0.3, -0.25) is 9.59 Å². The fraction of sp³-hybridized carbons (Fsp3) is 0.467. The molecule has 108 valence electrons. The Bertz CT molecular complexity index is 502. The number of benzene rings is 1. The molecule has 5 nitrogen and oxygen atoms in total. The van der Waals surface area contributed by atoms with Gasteiger partial charge >= 0.3 is 0 Å². The van der Waals surface area contributed by atoms with E-state index < -0.39 is 0 Å². The van der Waals surface area contributed by atoms with Gasteiger partial charge in [0.2, 0.25) is 5.91 Å². The van der Waals surface area contributed by atoms with E-state index in [1.54, 1.807) is 24.1 Å². The van der Waals surface area contributed by atoms with Crippen LogP contribution in [-0.4, -0.2) is 43.0 Å². The molecule has 1 aromatic rings. The van der Waals surface area contributed by atoms with Gasteiger partial charge in [-0.15, -0.1) is 0 Å². The number of para-hydroxylation sites is 1. The average Bonchev–Trinajstić information content (AvgIpc) is 2.46. The maximum absolute atomic E-state index is 12.5. The highest BCUT2D eigenvalue weighted by Crippen LogP contribution is 2.21. The van der Waals surface area contributed by atoms with Crippen LogP contribution in [0.4, 0.5) is 0 Å². The van der Waals surface area contributed by atoms with Crippen LogP contribution in [0.1, 0.15) is 30.1 Å². The monoisotopic (exact) mass is 276 g/mol. The van der Waals surface area contributed by atoms with Crippen LogP contribution in [0.3, 0.4) is 0 Å². The van der Waals surface area contributed by atoms with Crippen molar-refractivity contribution in [1.29, 1.82) is 0 Å². The van der Waals surface area contributed by atoms with Gasteiger partial charge in [-0.25, -0.2) is 0 Å². The predicted molar refractivity (Wildman–Crippen MR) is 75.7 cm³/mol. The van der Waals surface area contributed by atoms with Crippen molar-refractivity contribution >= 4 is 11.8 Å². The largest absolute Gasteiger partial charge is 0.496 e. The Morgan fingerprint density at radius 1 is 1.35 bits per heavy atom. The van der Waals surface area contributed by atoms with E-state index in [1.807, 2.05) is 12.1 Å². The number of nitrogens with zero attached hydrogens (tertiary/aromatic N) is 1. The summed E-state index contributed by atoms with van der Waals surface area (Å²) in [6, 6.07) is 7.25. The first-order chi connectivity index (χ1) is 9.61. The van der Waals surface area contributed by atoms with Gasteiger partial charge in [0.05, 0.1) is 12.7 Å². The lowest BCUT2D eigenvalue weighted by atomic mass is 10.0. The van der Waals surface area contributed by atoms with E-state index >= 15 is 0 Å². The SMILES string of the molecule is COc1ccccc1C(=O)N1CCCC(NC(C)=O)C1. The van der Waals surface area contributed by atoms with Gasteiger partial charge in [-0.1, -0.05) is 12.1 Å². The van der Waals surface area contributed by atoms with Gasteiger partial charge in [-0.05, 0) is 25.0 Å². The van der Waals surface area contributed by atoms with Crippen molar-refractivity contribution in [2.24, 2.45) is 0 Å². The molecule has 0 radical (unpaired) electrons. The molecule has 1 aliphatic rings. The van der Waals surface area contributed by atoms with Crippen LogP contribution in [0.15, 0.2) is 24.3 Å². The van der Waals surface area contributed by atoms with Crippen LogP contribution < -0.4 is 10.1 Å². The Morgan fingerprint density at radius 2 is 2.10 bits per heavy atom. The lowest BCUT2D eigenvalue weighted by Crippen LogP contribution is -2.49. The second-order valence-electron chi connectivity index (χ2n) is 4.99. The van der Waals surface area contributed by atoms with Crippen LogP contribution in [0.2, 0.25) is 0 Å². The van der Waals surface area contributed by atoms with Crippen molar-refractivity contribution in [3.8, 4) is 5.75 Å². The number of hydrogen-bond donors (Lipinski definition) is 1. The molecule has 0 aliphatic carbocycles. The molecule has 1 N–H and O–H groups in total. The molecule has 1 aliphatic heterocycles. The van der Waals surface area contributed by atoms with Crippen LogP contribution in [0.5, 0.6) is 5.75 Å². The summed E-state index contributed by atoms with van der Waals surface area (Å²) < 4.78 is 5.23. The number of piperidine rings is 1. The second kappa shape index (κ2) is 6.41. The zero-order valence-corrected chi connectivity index (χ0v) is 11.9. The lowest BCUT2D eigenvalue weighted by molar-refractivity contribution is -0.120. The Kier molecular flexibility index (Phi) is 4.61. The number of methoxy groups -OCH3 is 1. The zero-order valence-electron chi connectivity index (χ0n) is 11.9. The Labute approximate surface area is 118 Å². The third kappa shape index (κ3) is 3.29. The number of hydrogen-bond acceptors (Lipinski definition) is 3. The van der Waals surface area contributed by atoms with Crippen molar-refractivity contribution in [3.63, 3.8) is 0 Å². The Morgan fingerprint density at radius 3 is 2.80 bits per heavy atom. The van der Waals surface area contributed by atoms with E-state index in [4.69, 9.17) is 4.74 Å². The fourth-order valence-electron chi connectivity index (χ4n) is 2.56. The molecule has 2 rings (SSSR count). The van der Waals surface area contributed by atoms with Gasteiger partial charge in [0.15, 0.2) is 0 Å². The van der Waals surface area contributed by atoms with Crippen molar-refractivity contribution in [2.75, 3.05) is 20.2 Å². The molecule has 1 aromatic carbocycles. The molecule has 0 aromatic heterocycles. The van der Waals surface area contributed by atoms with E-state index in [2.05, 4.69) is 5.32 Å². The molecule has 1 saturated heterocycles. The van der Waals surface area contributed by atoms with Gasteiger partial charge in [0.25, 0.3) is 5.91 Å². The molecule has 5 heteroatoms. The summed E-state index contributed by atoms with van der Waals surface area (Å²) in [7, 11) is 1.56. The lowest BCUT2D eigenvalue weighted by Gasteiger charge is -2.33. The number of ether oxygens (including phenoxy) is 1. The molecule has 1 heterocycles. The van der Waals surface area contributed by atoms with E-state index in [1.165, 1.54) is 6.92 Å². The normalized spacial score (nSPS) is 18.5. The number of carbonyl (C=O) groups excluding carboxylic acids is 2. The first-order valence-corrected chi connectivity index (χ1v) is 6.81. The van der Waals surface area contributed by atoms with E-state index in [0.29, 0.717) is 24.4 Å². The van der Waals surface area contributed by atoms with Crippen molar-refractivity contribution < 1.29 is 14.3 Å². The Balaban J connectivity index is 2.10. The fourth-order valence-corrected chi connectivity index (χ4v) is 2.56. The molecular formula is C15H20N2O3. The highest BCUT2D eigenvalue weighted by molar-refractivity contribution is 5.97. The molecule has 1 atom stereocenters. The summed E-state index contributed by atoms with van der Waals surface area (Å²) in [4.78, 5) is 25.4. The van der Waals surface area contributed by atoms with E-state index in [0.717, 1.165) is 12.8 Å². The van der Waals surface area contributed by atoms with Crippen LogP contribution in [0, 0.1) is 0 Å². The highest BCUT2D eigenvalue weighted by Gasteiger charge is 2.26. The summed E-state index contributed by atoms with van der Waals surface area (Å²) in [6.45, 7) is 2.77. The van der Waals surface area contributed by atoms with Gasteiger partial charge in [0, 0.05) is 26.1 Å². The smallest absolute Gasteiger partial charge is 0.257 e. The summed E-state index contributed by atoms with van der Waals surface area (Å²) in [6.07, 6.45) is 1.81. The molecule has 0 spiro atoms. The third-order valence-electron chi connectivity index (χ3n) is 3.45. The highest BCUT2D eigenvalue weighted by atomic mass is 16.5. The summed E-state index contributed by atoms with van der Waals surface area (Å²) >= 11 is 0. The van der Waals surface area contributed by atoms with Crippen molar-refractivity contribution in [2.45, 2.75) is 25.8 Å². The van der Waals surface area contributed by atoms with Gasteiger partial charge in [-0.2, -0.15) is 0 Å². The molecule has 1 unspecified atom stereocenters. The quantitative estimate of drug-likeness (QED) is 0.908. The first kappa shape index (κ1) is 14.4. The number of carbonyl (C=O) groups is 2. The van der Waals surface area contributed by atoms with Crippen molar-refractivity contribution in [1.82, 2.24) is 10.2 Å². The molecule has 2 amide bonds. The van der Waals surface area contributed by atoms with Gasteiger partial charge in [0.1, 0.15) is 5.75 Å². The van der Waals surface area contributed by atoms with E-state index in [9.17, 15) is 9.59 Å². The number of rotatable bonds is 3. The average molecular weight is 276 g/mol. The minimum absolute atomic E-state index is 0.0416. The summed E-state index contributed by atoms with van der Waals surface area (Å²) in [5.41, 5.74) is 0.568.